The highest BCUT2D eigenvalue weighted by Gasteiger charge is 2.33. The maximum absolute atomic E-state index is 14.3. The summed E-state index contributed by atoms with van der Waals surface area (Å²) in [5.74, 6) is -1.92. The fourth-order valence-electron chi connectivity index (χ4n) is 2.66. The molecule has 1 amide bonds. The normalized spacial score (nSPS) is 19.0. The number of rotatable bonds is 3. The van der Waals surface area contributed by atoms with E-state index in [-0.39, 0.29) is 47.7 Å². The molecular formula is C17H16Cl2F2N4O2. The molecule has 0 bridgehead atoms. The monoisotopic (exact) mass is 416 g/mol. The van der Waals surface area contributed by atoms with E-state index in [9.17, 15) is 13.6 Å². The number of carbonyl (C=O) groups is 1. The summed E-state index contributed by atoms with van der Waals surface area (Å²) in [7, 11) is 0. The van der Waals surface area contributed by atoms with Gasteiger partial charge in [0.25, 0.3) is 5.91 Å². The highest BCUT2D eigenvalue weighted by molar-refractivity contribution is 6.30. The largest absolute Gasteiger partial charge is 0.386 e. The summed E-state index contributed by atoms with van der Waals surface area (Å²) in [5.41, 5.74) is 4.69. The lowest BCUT2D eigenvalue weighted by molar-refractivity contribution is 0.101. The van der Waals surface area contributed by atoms with Crippen molar-refractivity contribution in [1.29, 1.82) is 0 Å². The summed E-state index contributed by atoms with van der Waals surface area (Å²) in [6, 6.07) is 4.93. The van der Waals surface area contributed by atoms with Crippen LogP contribution in [0.15, 0.2) is 35.5 Å². The molecule has 1 atom stereocenters. The first-order valence-corrected chi connectivity index (χ1v) is 8.01. The van der Waals surface area contributed by atoms with Crippen LogP contribution in [0, 0.1) is 11.6 Å². The number of carbonyl (C=O) groups excluding carboxylic acids is 1. The van der Waals surface area contributed by atoms with Crippen LogP contribution in [0.4, 0.5) is 14.5 Å². The Bertz CT molecular complexity index is 910. The molecule has 0 unspecified atom stereocenters. The highest BCUT2D eigenvalue weighted by Crippen LogP contribution is 2.32. The Hall–Kier alpha value is -2.29. The van der Waals surface area contributed by atoms with Crippen molar-refractivity contribution >= 4 is 41.4 Å². The van der Waals surface area contributed by atoms with Crippen molar-refractivity contribution in [2.75, 3.05) is 18.5 Å². The van der Waals surface area contributed by atoms with E-state index in [0.29, 0.717) is 0 Å². The lowest BCUT2D eigenvalue weighted by Gasteiger charge is -2.30. The van der Waals surface area contributed by atoms with Crippen LogP contribution in [0.2, 0.25) is 5.02 Å². The van der Waals surface area contributed by atoms with Crippen LogP contribution >= 0.6 is 24.0 Å². The van der Waals surface area contributed by atoms with Gasteiger partial charge in [-0.2, -0.15) is 0 Å². The zero-order chi connectivity index (χ0) is 18.9. The number of nitrogens with one attached hydrogen (secondary N) is 1. The second-order valence-electron chi connectivity index (χ2n) is 6.00. The van der Waals surface area contributed by atoms with Crippen molar-refractivity contribution in [3.05, 3.63) is 58.4 Å². The van der Waals surface area contributed by atoms with Crippen LogP contribution in [0.1, 0.15) is 23.0 Å². The van der Waals surface area contributed by atoms with E-state index in [1.54, 1.807) is 6.92 Å². The van der Waals surface area contributed by atoms with Crippen LogP contribution in [-0.2, 0) is 10.3 Å². The fourth-order valence-corrected chi connectivity index (χ4v) is 2.81. The number of benzene rings is 1. The van der Waals surface area contributed by atoms with Crippen molar-refractivity contribution < 1.29 is 18.3 Å². The van der Waals surface area contributed by atoms with Crippen LogP contribution in [0.5, 0.6) is 0 Å². The van der Waals surface area contributed by atoms with Crippen LogP contribution < -0.4 is 11.1 Å². The summed E-state index contributed by atoms with van der Waals surface area (Å²) >= 11 is 5.62. The number of aliphatic imine (C=N–C) groups is 1. The van der Waals surface area contributed by atoms with Gasteiger partial charge in [0.1, 0.15) is 23.8 Å². The summed E-state index contributed by atoms with van der Waals surface area (Å²) in [6.07, 6.45) is 1.16. The first-order chi connectivity index (χ1) is 12.3. The lowest BCUT2D eigenvalue weighted by atomic mass is 9.92. The zero-order valence-electron chi connectivity index (χ0n) is 14.1. The van der Waals surface area contributed by atoms with E-state index in [1.165, 1.54) is 18.2 Å². The number of anilines is 1. The predicted octanol–water partition coefficient (Wildman–Crippen LogP) is 3.29. The van der Waals surface area contributed by atoms with E-state index in [2.05, 4.69) is 15.3 Å². The Morgan fingerprint density at radius 2 is 2.07 bits per heavy atom. The second-order valence-corrected chi connectivity index (χ2v) is 6.44. The number of halogens is 4. The molecule has 144 valence electrons. The van der Waals surface area contributed by atoms with Crippen LogP contribution in [-0.4, -0.2) is 29.9 Å². The molecule has 6 nitrogen and oxygen atoms in total. The molecule has 27 heavy (non-hydrogen) atoms. The Morgan fingerprint density at radius 3 is 2.74 bits per heavy atom. The van der Waals surface area contributed by atoms with Crippen molar-refractivity contribution in [2.45, 2.75) is 12.5 Å². The Kier molecular flexibility index (Phi) is 6.35. The van der Waals surface area contributed by atoms with Crippen molar-refractivity contribution in [3.8, 4) is 0 Å². The zero-order valence-corrected chi connectivity index (χ0v) is 15.7. The van der Waals surface area contributed by atoms with Gasteiger partial charge in [-0.3, -0.25) is 9.79 Å². The molecular weight excluding hydrogens is 401 g/mol. The number of amidine groups is 1. The minimum atomic E-state index is -1.03. The molecule has 0 fully saturated rings. The number of ether oxygens (including phenoxy) is 1. The van der Waals surface area contributed by atoms with Gasteiger partial charge in [0, 0.05) is 17.4 Å². The van der Waals surface area contributed by atoms with E-state index in [4.69, 9.17) is 22.1 Å². The Morgan fingerprint density at radius 1 is 1.33 bits per heavy atom. The van der Waals surface area contributed by atoms with Crippen molar-refractivity contribution in [1.82, 2.24) is 4.98 Å². The molecule has 1 aromatic carbocycles. The smallest absolute Gasteiger partial charge is 0.277 e. The lowest BCUT2D eigenvalue weighted by Crippen LogP contribution is -2.38. The van der Waals surface area contributed by atoms with Gasteiger partial charge in [-0.25, -0.2) is 13.8 Å². The third-order valence-electron chi connectivity index (χ3n) is 3.85. The first kappa shape index (κ1) is 21.0. The average Bonchev–Trinajstić information content (AvgIpc) is 2.56. The molecule has 2 heterocycles. The summed E-state index contributed by atoms with van der Waals surface area (Å²) in [5, 5.41) is 2.55. The van der Waals surface area contributed by atoms with Gasteiger partial charge in [-0.15, -0.1) is 12.4 Å². The van der Waals surface area contributed by atoms with Gasteiger partial charge in [0.2, 0.25) is 0 Å². The molecule has 0 aliphatic carbocycles. The van der Waals surface area contributed by atoms with Gasteiger partial charge in [0.15, 0.2) is 11.5 Å². The number of aromatic nitrogens is 1. The Balaban J connectivity index is 0.00000261. The predicted molar refractivity (Wildman–Crippen MR) is 101 cm³/mol. The van der Waals surface area contributed by atoms with E-state index in [0.717, 1.165) is 12.3 Å². The molecule has 0 saturated carbocycles. The summed E-state index contributed by atoms with van der Waals surface area (Å²) < 4.78 is 33.5. The van der Waals surface area contributed by atoms with Gasteiger partial charge in [-0.1, -0.05) is 11.6 Å². The molecule has 0 saturated heterocycles. The molecule has 3 N–H and O–H groups in total. The number of nitrogens with two attached hydrogens (primary N) is 1. The molecule has 2 aromatic rings. The number of pyridine rings is 1. The quantitative estimate of drug-likeness (QED) is 0.802. The molecule has 1 aliphatic rings. The number of nitrogens with zero attached hydrogens (tertiary/aromatic N) is 2. The molecule has 0 spiro atoms. The fraction of sp³-hybridized carbons (Fsp3) is 0.235. The standard InChI is InChI=1S/C17H15ClF2N4O2.ClH/c1-17(8-26-7-14(21)24-17)11-5-10(2-3-12(11)19)23-16(25)15-13(20)4-9(18)6-22-15;/h2-6H,7-8H2,1H3,(H2,21,24)(H,23,25);1H/t17-;/m0./s1. The summed E-state index contributed by atoms with van der Waals surface area (Å²) in [4.78, 5) is 20.2. The van der Waals surface area contributed by atoms with Gasteiger partial charge in [-0.05, 0) is 31.2 Å². The molecule has 3 rings (SSSR count). The van der Waals surface area contributed by atoms with E-state index in [1.807, 2.05) is 0 Å². The van der Waals surface area contributed by atoms with E-state index >= 15 is 0 Å². The van der Waals surface area contributed by atoms with E-state index < -0.39 is 28.8 Å². The van der Waals surface area contributed by atoms with Crippen molar-refractivity contribution in [3.63, 3.8) is 0 Å². The van der Waals surface area contributed by atoms with Crippen molar-refractivity contribution in [2.24, 2.45) is 10.7 Å². The minimum absolute atomic E-state index is 0. The average molecular weight is 417 g/mol. The third-order valence-corrected chi connectivity index (χ3v) is 4.06. The number of hydrogen-bond donors (Lipinski definition) is 2. The SMILES string of the molecule is C[C@@]1(c2cc(NC(=O)c3ncc(Cl)cc3F)ccc2F)COCC(N)=N1.Cl. The molecule has 1 aliphatic heterocycles. The van der Waals surface area contributed by atoms with Gasteiger partial charge in [0.05, 0.1) is 11.6 Å². The highest BCUT2D eigenvalue weighted by atomic mass is 35.5. The van der Waals surface area contributed by atoms with Gasteiger partial charge < -0.3 is 15.8 Å². The first-order valence-electron chi connectivity index (χ1n) is 7.63. The topological polar surface area (TPSA) is 89.6 Å². The number of amides is 1. The van der Waals surface area contributed by atoms with Gasteiger partial charge >= 0.3 is 0 Å². The number of hydrogen-bond acceptors (Lipinski definition) is 5. The molecule has 0 radical (unpaired) electrons. The minimum Gasteiger partial charge on any atom is -0.386 e. The Labute approximate surface area is 165 Å². The maximum atomic E-state index is 14.3. The third kappa shape index (κ3) is 4.52. The maximum Gasteiger partial charge on any atom is 0.277 e. The second kappa shape index (κ2) is 8.16. The molecule has 10 heteroatoms. The van der Waals surface area contributed by atoms with Crippen LogP contribution in [0.25, 0.3) is 0 Å². The molecule has 1 aromatic heterocycles. The summed E-state index contributed by atoms with van der Waals surface area (Å²) in [6.45, 7) is 1.98. The van der Waals surface area contributed by atoms with Crippen LogP contribution in [0.3, 0.4) is 0 Å².